The number of nitrogens with zero attached hydrogens (tertiary/aromatic N) is 1. The molecule has 1 rings (SSSR count). The van der Waals surface area contributed by atoms with Gasteiger partial charge in [-0.2, -0.15) is 0 Å². The second-order valence-electron chi connectivity index (χ2n) is 6.39. The van der Waals surface area contributed by atoms with E-state index in [1.54, 1.807) is 7.11 Å². The van der Waals surface area contributed by atoms with Crippen LogP contribution in [0.1, 0.15) is 40.5 Å². The van der Waals surface area contributed by atoms with Crippen LogP contribution in [-0.4, -0.2) is 61.3 Å². The van der Waals surface area contributed by atoms with Crippen LogP contribution >= 0.6 is 0 Å². The molecule has 0 spiro atoms. The Bertz CT molecular complexity index is 365. The van der Waals surface area contributed by atoms with Gasteiger partial charge in [-0.05, 0) is 47.1 Å². The first kappa shape index (κ1) is 17.9. The highest BCUT2D eigenvalue weighted by Crippen LogP contribution is 2.23. The lowest BCUT2D eigenvalue weighted by molar-refractivity contribution is -0.161. The fourth-order valence-corrected chi connectivity index (χ4v) is 2.45. The van der Waals surface area contributed by atoms with Gasteiger partial charge in [0, 0.05) is 13.7 Å². The van der Waals surface area contributed by atoms with Crippen LogP contribution in [0.2, 0.25) is 0 Å². The summed E-state index contributed by atoms with van der Waals surface area (Å²) < 4.78 is 10.4. The zero-order valence-corrected chi connectivity index (χ0v) is 13.8. The van der Waals surface area contributed by atoms with Crippen LogP contribution in [0.3, 0.4) is 0 Å². The number of ether oxygens (including phenoxy) is 2. The van der Waals surface area contributed by atoms with Gasteiger partial charge >= 0.3 is 5.97 Å². The summed E-state index contributed by atoms with van der Waals surface area (Å²) in [7, 11) is 1.59. The molecule has 0 aromatic carbocycles. The average Bonchev–Trinajstić information content (AvgIpc) is 2.85. The minimum Gasteiger partial charge on any atom is -0.459 e. The van der Waals surface area contributed by atoms with Crippen molar-refractivity contribution in [1.29, 1.82) is 0 Å². The van der Waals surface area contributed by atoms with Gasteiger partial charge in [-0.1, -0.05) is 0 Å². The molecule has 6 nitrogen and oxygen atoms in total. The molecule has 0 aromatic rings. The van der Waals surface area contributed by atoms with Crippen LogP contribution in [0, 0.1) is 0 Å². The van der Waals surface area contributed by atoms with Crippen LogP contribution in [0.5, 0.6) is 0 Å². The lowest BCUT2D eigenvalue weighted by Gasteiger charge is -2.30. The van der Waals surface area contributed by atoms with Crippen LogP contribution in [0.25, 0.3) is 0 Å². The molecule has 1 fully saturated rings. The van der Waals surface area contributed by atoms with Gasteiger partial charge in [0.25, 0.3) is 0 Å². The Kier molecular flexibility index (Phi) is 6.61. The summed E-state index contributed by atoms with van der Waals surface area (Å²) in [4.78, 5) is 26.3. The monoisotopic (exact) mass is 300 g/mol. The van der Waals surface area contributed by atoms with Crippen LogP contribution in [0.4, 0.5) is 0 Å². The topological polar surface area (TPSA) is 67.9 Å². The molecule has 6 heteroatoms. The van der Waals surface area contributed by atoms with E-state index in [1.165, 1.54) is 0 Å². The zero-order chi connectivity index (χ0) is 16.0. The summed E-state index contributed by atoms with van der Waals surface area (Å²) in [5.41, 5.74) is -0.505. The summed E-state index contributed by atoms with van der Waals surface area (Å²) in [6, 6.07) is -0.672. The fraction of sp³-hybridized carbons (Fsp3) is 0.867. The fourth-order valence-electron chi connectivity index (χ4n) is 2.45. The van der Waals surface area contributed by atoms with E-state index in [1.807, 2.05) is 32.6 Å². The van der Waals surface area contributed by atoms with E-state index in [4.69, 9.17) is 9.47 Å². The Morgan fingerprint density at radius 2 is 2.05 bits per heavy atom. The number of hydrogen-bond donors (Lipinski definition) is 1. The first-order chi connectivity index (χ1) is 9.76. The number of esters is 1. The highest BCUT2D eigenvalue weighted by molar-refractivity contribution is 5.83. The number of likely N-dealkylation sites (tertiary alicyclic amines) is 1. The average molecular weight is 300 g/mol. The van der Waals surface area contributed by atoms with Crippen molar-refractivity contribution in [3.8, 4) is 0 Å². The minimum absolute atomic E-state index is 0.0810. The van der Waals surface area contributed by atoms with Crippen LogP contribution < -0.4 is 5.32 Å². The Morgan fingerprint density at radius 3 is 2.62 bits per heavy atom. The Labute approximate surface area is 127 Å². The highest BCUT2D eigenvalue weighted by Gasteiger charge is 2.38. The number of hydrogen-bond acceptors (Lipinski definition) is 5. The maximum atomic E-state index is 12.2. The zero-order valence-electron chi connectivity index (χ0n) is 13.8. The number of carbonyl (C=O) groups is 2. The molecule has 1 aliphatic heterocycles. The predicted molar refractivity (Wildman–Crippen MR) is 79.9 cm³/mol. The summed E-state index contributed by atoms with van der Waals surface area (Å²) in [6.07, 6.45) is 1.64. The molecule has 0 radical (unpaired) electrons. The molecular weight excluding hydrogens is 272 g/mol. The second kappa shape index (κ2) is 7.75. The van der Waals surface area contributed by atoms with Crippen molar-refractivity contribution in [3.63, 3.8) is 0 Å². The van der Waals surface area contributed by atoms with Gasteiger partial charge in [-0.3, -0.25) is 14.5 Å². The van der Waals surface area contributed by atoms with Gasteiger partial charge in [0.05, 0.1) is 12.6 Å². The van der Waals surface area contributed by atoms with Gasteiger partial charge in [0.15, 0.2) is 0 Å². The first-order valence-electron chi connectivity index (χ1n) is 7.51. The van der Waals surface area contributed by atoms with Gasteiger partial charge in [0.2, 0.25) is 5.91 Å². The number of carbonyl (C=O) groups excluding carboxylic acids is 2. The number of methoxy groups -OCH3 is 1. The molecule has 2 atom stereocenters. The van der Waals surface area contributed by atoms with Crippen molar-refractivity contribution in [2.75, 3.05) is 26.8 Å². The normalized spacial score (nSPS) is 21.1. The standard InChI is InChI=1S/C15H28N2O4/c1-11(13(18)16-8-10-20-5)17-9-6-7-12(17)14(19)21-15(2,3)4/h11-12H,6-10H2,1-5H3,(H,16,18)/t11?,12-/m0/s1. The molecule has 1 amide bonds. The molecule has 1 heterocycles. The predicted octanol–water partition coefficient (Wildman–Crippen LogP) is 0.944. The van der Waals surface area contributed by atoms with Crippen LogP contribution in [0.15, 0.2) is 0 Å². The molecular formula is C15H28N2O4. The van der Waals surface area contributed by atoms with E-state index in [-0.39, 0.29) is 24.0 Å². The van der Waals surface area contributed by atoms with Crippen molar-refractivity contribution in [2.24, 2.45) is 0 Å². The van der Waals surface area contributed by atoms with Gasteiger partial charge in [-0.15, -0.1) is 0 Å². The second-order valence-corrected chi connectivity index (χ2v) is 6.39. The van der Waals surface area contributed by atoms with Crippen molar-refractivity contribution < 1.29 is 19.1 Å². The molecule has 1 unspecified atom stereocenters. The molecule has 1 N–H and O–H groups in total. The Hall–Kier alpha value is -1.14. The van der Waals surface area contributed by atoms with E-state index >= 15 is 0 Å². The number of nitrogens with one attached hydrogen (secondary N) is 1. The molecule has 0 bridgehead atoms. The van der Waals surface area contributed by atoms with Gasteiger partial charge < -0.3 is 14.8 Å². The van der Waals surface area contributed by atoms with Crippen molar-refractivity contribution in [3.05, 3.63) is 0 Å². The lowest BCUT2D eigenvalue weighted by Crippen LogP contribution is -2.51. The smallest absolute Gasteiger partial charge is 0.323 e. The third-order valence-corrected chi connectivity index (χ3v) is 3.46. The molecule has 0 saturated carbocycles. The molecule has 122 valence electrons. The maximum absolute atomic E-state index is 12.2. The lowest BCUT2D eigenvalue weighted by atomic mass is 10.1. The SMILES string of the molecule is COCCNC(=O)C(C)N1CCC[C@H]1C(=O)OC(C)(C)C. The van der Waals surface area contributed by atoms with Gasteiger partial charge in [-0.25, -0.2) is 0 Å². The first-order valence-corrected chi connectivity index (χ1v) is 7.51. The molecule has 0 aromatic heterocycles. The number of rotatable bonds is 6. The van der Waals surface area contributed by atoms with E-state index < -0.39 is 5.60 Å². The summed E-state index contributed by atoms with van der Waals surface area (Å²) in [6.45, 7) is 9.08. The van der Waals surface area contributed by atoms with Gasteiger partial charge in [0.1, 0.15) is 11.6 Å². The van der Waals surface area contributed by atoms with E-state index in [0.29, 0.717) is 13.2 Å². The van der Waals surface area contributed by atoms with Crippen LogP contribution in [-0.2, 0) is 19.1 Å². The summed E-state index contributed by atoms with van der Waals surface area (Å²) in [5.74, 6) is -0.320. The van der Waals surface area contributed by atoms with Crippen molar-refractivity contribution in [1.82, 2.24) is 10.2 Å². The number of amides is 1. The van der Waals surface area contributed by atoms with Crippen molar-refractivity contribution in [2.45, 2.75) is 58.2 Å². The molecule has 0 aliphatic carbocycles. The third kappa shape index (κ3) is 5.63. The third-order valence-electron chi connectivity index (χ3n) is 3.46. The largest absolute Gasteiger partial charge is 0.459 e. The van der Waals surface area contributed by atoms with Crippen molar-refractivity contribution >= 4 is 11.9 Å². The minimum atomic E-state index is -0.505. The molecule has 1 aliphatic rings. The maximum Gasteiger partial charge on any atom is 0.323 e. The van der Waals surface area contributed by atoms with E-state index in [9.17, 15) is 9.59 Å². The summed E-state index contributed by atoms with van der Waals surface area (Å²) in [5, 5.41) is 2.81. The quantitative estimate of drug-likeness (QED) is 0.584. The van der Waals surface area contributed by atoms with E-state index in [0.717, 1.165) is 19.4 Å². The van der Waals surface area contributed by atoms with E-state index in [2.05, 4.69) is 5.32 Å². The molecule has 1 saturated heterocycles. The Morgan fingerprint density at radius 1 is 1.38 bits per heavy atom. The Balaban J connectivity index is 2.59. The highest BCUT2D eigenvalue weighted by atomic mass is 16.6. The molecule has 21 heavy (non-hydrogen) atoms. The summed E-state index contributed by atoms with van der Waals surface area (Å²) >= 11 is 0.